The van der Waals surface area contributed by atoms with Crippen LogP contribution in [0.4, 0.5) is 9.80 Å². The fraction of sp³-hybridized carbons (Fsp3) is 0.400. The van der Waals surface area contributed by atoms with Crippen molar-refractivity contribution in [1.82, 2.24) is 9.80 Å². The summed E-state index contributed by atoms with van der Waals surface area (Å²) in [5.74, 6) is 1.65. The highest BCUT2D eigenvalue weighted by atomic mass is 32.1. The van der Waals surface area contributed by atoms with Crippen molar-refractivity contribution in [3.8, 4) is 6.07 Å². The third-order valence-corrected chi connectivity index (χ3v) is 8.42. The number of ether oxygens (including phenoxy) is 2. The lowest BCUT2D eigenvalue weighted by molar-refractivity contribution is 0.120. The Morgan fingerprint density at radius 1 is 1.15 bits per heavy atom. The molecule has 5 rings (SSSR count). The molecule has 0 bridgehead atoms. The number of urea groups is 1. The first kappa shape index (κ1) is 26.9. The molecular formula is C30H35N5O3S. The Morgan fingerprint density at radius 2 is 2.08 bits per heavy atom. The summed E-state index contributed by atoms with van der Waals surface area (Å²) in [5, 5.41) is 10.9. The van der Waals surface area contributed by atoms with Gasteiger partial charge in [0.15, 0.2) is 6.26 Å². The Kier molecular flexibility index (Phi) is 8.86. The zero-order valence-electron chi connectivity index (χ0n) is 22.2. The molecule has 0 atom stereocenters. The minimum absolute atomic E-state index is 0.444. The van der Waals surface area contributed by atoms with Gasteiger partial charge < -0.3 is 25.0 Å². The van der Waals surface area contributed by atoms with Crippen molar-refractivity contribution in [3.05, 3.63) is 77.8 Å². The van der Waals surface area contributed by atoms with Crippen molar-refractivity contribution in [2.45, 2.75) is 38.5 Å². The Morgan fingerprint density at radius 3 is 2.90 bits per heavy atom. The van der Waals surface area contributed by atoms with Gasteiger partial charge in [0, 0.05) is 37.3 Å². The van der Waals surface area contributed by atoms with Crippen molar-refractivity contribution in [2.24, 2.45) is 5.73 Å². The summed E-state index contributed by atoms with van der Waals surface area (Å²) in [7, 11) is 0. The summed E-state index contributed by atoms with van der Waals surface area (Å²) in [6, 6.07) is 9.24. The number of allylic oxidation sites excluding steroid dienone is 4. The molecule has 3 aliphatic rings. The molecule has 3 heterocycles. The van der Waals surface area contributed by atoms with Gasteiger partial charge in [-0.2, -0.15) is 5.26 Å². The van der Waals surface area contributed by atoms with E-state index in [1.165, 1.54) is 16.9 Å². The van der Waals surface area contributed by atoms with Gasteiger partial charge >= 0.3 is 6.03 Å². The summed E-state index contributed by atoms with van der Waals surface area (Å²) in [5.41, 5.74) is 7.71. The molecule has 2 N–H and O–H groups in total. The van der Waals surface area contributed by atoms with E-state index in [9.17, 15) is 4.79 Å². The molecule has 0 spiro atoms. The molecular weight excluding hydrogens is 510 g/mol. The number of benzene rings is 1. The predicted octanol–water partition coefficient (Wildman–Crippen LogP) is 5.80. The average Bonchev–Trinajstić information content (AvgIpc) is 3.22. The molecule has 204 valence electrons. The van der Waals surface area contributed by atoms with E-state index in [1.54, 1.807) is 23.5 Å². The summed E-state index contributed by atoms with van der Waals surface area (Å²) >= 11 is 1.53. The lowest BCUT2D eigenvalue weighted by Crippen LogP contribution is -2.36. The number of anilines is 1. The van der Waals surface area contributed by atoms with Crippen LogP contribution in [0.5, 0.6) is 0 Å². The molecule has 2 amide bonds. The second-order valence-electron chi connectivity index (χ2n) is 10.1. The minimum Gasteiger partial charge on any atom is -0.464 e. The molecule has 1 aromatic heterocycles. The fourth-order valence-corrected chi connectivity index (χ4v) is 6.25. The van der Waals surface area contributed by atoms with Crippen LogP contribution in [-0.2, 0) is 9.47 Å². The molecule has 9 heteroatoms. The Balaban J connectivity index is 1.07. The van der Waals surface area contributed by atoms with E-state index in [0.717, 1.165) is 98.0 Å². The molecule has 8 nitrogen and oxygen atoms in total. The zero-order chi connectivity index (χ0) is 27.0. The molecule has 0 unspecified atom stereocenters. The normalized spacial score (nSPS) is 17.8. The van der Waals surface area contributed by atoms with E-state index in [4.69, 9.17) is 20.5 Å². The third-order valence-electron chi connectivity index (χ3n) is 7.28. The van der Waals surface area contributed by atoms with Crippen LogP contribution in [0.3, 0.4) is 0 Å². The Hall–Kier alpha value is -3.74. The number of hydrogen-bond acceptors (Lipinski definition) is 7. The van der Waals surface area contributed by atoms with Crippen molar-refractivity contribution < 1.29 is 14.3 Å². The number of fused-ring (bicyclic) bond motifs is 1. The van der Waals surface area contributed by atoms with Crippen LogP contribution < -0.4 is 10.6 Å². The van der Waals surface area contributed by atoms with Gasteiger partial charge in [-0.1, -0.05) is 23.8 Å². The van der Waals surface area contributed by atoms with Gasteiger partial charge in [-0.15, -0.1) is 11.3 Å². The van der Waals surface area contributed by atoms with Gasteiger partial charge in [-0.3, -0.25) is 4.90 Å². The number of carbonyl (C=O) groups is 1. The SMILES string of the molecule is N#Cc1ccc2sc(N(CCCCN3CCCN(C4=COC=C(CC5=CC=CCC5)O4)CC3)C(N)=O)cc2c1. The summed E-state index contributed by atoms with van der Waals surface area (Å²) in [6.45, 7) is 5.34. The maximum Gasteiger partial charge on any atom is 0.319 e. The molecule has 0 saturated carbocycles. The number of hydrogen-bond donors (Lipinski definition) is 1. The molecule has 2 aliphatic heterocycles. The average molecular weight is 546 g/mol. The summed E-state index contributed by atoms with van der Waals surface area (Å²) in [4.78, 5) is 18.6. The molecule has 0 radical (unpaired) electrons. The van der Waals surface area contributed by atoms with Gasteiger partial charge in [-0.05, 0) is 74.8 Å². The minimum atomic E-state index is -0.444. The third kappa shape index (κ3) is 7.02. The lowest BCUT2D eigenvalue weighted by atomic mass is 10.0. The van der Waals surface area contributed by atoms with E-state index in [-0.39, 0.29) is 0 Å². The van der Waals surface area contributed by atoms with E-state index in [1.807, 2.05) is 18.2 Å². The van der Waals surface area contributed by atoms with Crippen LogP contribution in [-0.4, -0.2) is 55.1 Å². The molecule has 1 aliphatic carbocycles. The molecule has 2 aromatic rings. The predicted molar refractivity (Wildman–Crippen MR) is 155 cm³/mol. The molecule has 1 fully saturated rings. The summed E-state index contributed by atoms with van der Waals surface area (Å²) < 4.78 is 12.9. The maximum atomic E-state index is 12.2. The number of carbonyl (C=O) groups excluding carboxylic acids is 1. The molecule has 1 saturated heterocycles. The number of thiophene rings is 1. The standard InChI is InChI=1S/C30H35N5O3S/c31-20-24-9-10-27-25(17-24)19-29(39-27)35(30(32)36)14-5-4-11-33-12-6-13-34(16-15-33)28-22-37-21-26(38-28)18-23-7-2-1-3-8-23/h1-2,7,9-10,17,19,21-22H,3-6,8,11-16,18H2,(H2,32,36). The van der Waals surface area contributed by atoms with Crippen molar-refractivity contribution in [3.63, 3.8) is 0 Å². The van der Waals surface area contributed by atoms with Gasteiger partial charge in [0.25, 0.3) is 0 Å². The topological polar surface area (TPSA) is 95.1 Å². The number of unbranched alkanes of at least 4 members (excludes halogenated alkanes) is 1. The van der Waals surface area contributed by atoms with E-state index in [0.29, 0.717) is 12.1 Å². The highest BCUT2D eigenvalue weighted by Gasteiger charge is 2.22. The van der Waals surface area contributed by atoms with Crippen LogP contribution in [0.15, 0.2) is 72.2 Å². The van der Waals surface area contributed by atoms with Gasteiger partial charge in [0.2, 0.25) is 5.88 Å². The van der Waals surface area contributed by atoms with Crippen LogP contribution in [0.25, 0.3) is 10.1 Å². The number of nitriles is 1. The zero-order valence-corrected chi connectivity index (χ0v) is 23.0. The fourth-order valence-electron chi connectivity index (χ4n) is 5.17. The largest absolute Gasteiger partial charge is 0.464 e. The number of primary amides is 1. The molecule has 39 heavy (non-hydrogen) atoms. The van der Waals surface area contributed by atoms with Gasteiger partial charge in [0.1, 0.15) is 17.0 Å². The van der Waals surface area contributed by atoms with Gasteiger partial charge in [-0.25, -0.2) is 4.79 Å². The van der Waals surface area contributed by atoms with Gasteiger partial charge in [0.05, 0.1) is 11.6 Å². The first-order valence-corrected chi connectivity index (χ1v) is 14.5. The highest BCUT2D eigenvalue weighted by Crippen LogP contribution is 2.33. The molecule has 1 aromatic carbocycles. The highest BCUT2D eigenvalue weighted by molar-refractivity contribution is 7.23. The summed E-state index contributed by atoms with van der Waals surface area (Å²) in [6.07, 6.45) is 15.7. The van der Waals surface area contributed by atoms with E-state index < -0.39 is 6.03 Å². The van der Waals surface area contributed by atoms with Crippen LogP contribution in [0, 0.1) is 11.3 Å². The monoisotopic (exact) mass is 545 g/mol. The number of nitrogens with two attached hydrogens (primary N) is 1. The van der Waals surface area contributed by atoms with Crippen molar-refractivity contribution >= 4 is 32.5 Å². The maximum absolute atomic E-state index is 12.2. The van der Waals surface area contributed by atoms with E-state index >= 15 is 0 Å². The Bertz CT molecular complexity index is 1350. The lowest BCUT2D eigenvalue weighted by Gasteiger charge is -2.28. The smallest absolute Gasteiger partial charge is 0.319 e. The quantitative estimate of drug-likeness (QED) is 0.400. The Labute approximate surface area is 233 Å². The van der Waals surface area contributed by atoms with Crippen molar-refractivity contribution in [1.29, 1.82) is 5.26 Å². The van der Waals surface area contributed by atoms with Crippen LogP contribution >= 0.6 is 11.3 Å². The second kappa shape index (κ2) is 12.9. The second-order valence-corrected chi connectivity index (χ2v) is 11.1. The number of rotatable bonds is 9. The van der Waals surface area contributed by atoms with Crippen molar-refractivity contribution in [2.75, 3.05) is 44.2 Å². The first-order valence-electron chi connectivity index (χ1n) is 13.6. The number of amides is 2. The number of nitrogens with zero attached hydrogens (tertiary/aromatic N) is 4. The van der Waals surface area contributed by atoms with Crippen LogP contribution in [0.2, 0.25) is 0 Å². The van der Waals surface area contributed by atoms with Crippen LogP contribution in [0.1, 0.15) is 44.1 Å². The van der Waals surface area contributed by atoms with E-state index in [2.05, 4.69) is 34.1 Å². The first-order chi connectivity index (χ1) is 19.1.